The van der Waals surface area contributed by atoms with E-state index in [4.69, 9.17) is 12.2 Å². The van der Waals surface area contributed by atoms with Crippen LogP contribution in [-0.4, -0.2) is 15.9 Å². The second-order valence-corrected chi connectivity index (χ2v) is 6.35. The van der Waals surface area contributed by atoms with Gasteiger partial charge in [-0.2, -0.15) is 0 Å². The van der Waals surface area contributed by atoms with Crippen LogP contribution >= 0.6 is 12.2 Å². The molecule has 25 heavy (non-hydrogen) atoms. The zero-order valence-electron chi connectivity index (χ0n) is 14.2. The summed E-state index contributed by atoms with van der Waals surface area (Å²) in [7, 11) is 0. The van der Waals surface area contributed by atoms with Gasteiger partial charge in [0.05, 0.1) is 4.92 Å². The summed E-state index contributed by atoms with van der Waals surface area (Å²) in [5, 5.41) is 16.4. The van der Waals surface area contributed by atoms with Crippen LogP contribution in [0.5, 0.6) is 0 Å². The van der Waals surface area contributed by atoms with E-state index in [9.17, 15) is 14.9 Å². The monoisotopic (exact) mass is 357 g/mol. The van der Waals surface area contributed by atoms with Crippen LogP contribution in [0.15, 0.2) is 42.5 Å². The van der Waals surface area contributed by atoms with Crippen molar-refractivity contribution < 1.29 is 9.72 Å². The van der Waals surface area contributed by atoms with Gasteiger partial charge in [-0.05, 0) is 48.3 Å². The normalized spacial score (nSPS) is 10.4. The van der Waals surface area contributed by atoms with Crippen molar-refractivity contribution in [2.75, 3.05) is 5.32 Å². The highest BCUT2D eigenvalue weighted by atomic mass is 32.1. The van der Waals surface area contributed by atoms with Crippen molar-refractivity contribution in [3.05, 3.63) is 69.3 Å². The first-order chi connectivity index (χ1) is 11.8. The number of hydrogen-bond acceptors (Lipinski definition) is 4. The number of nitrogens with zero attached hydrogens (tertiary/aromatic N) is 1. The predicted molar refractivity (Wildman–Crippen MR) is 102 cm³/mol. The van der Waals surface area contributed by atoms with E-state index in [-0.39, 0.29) is 16.7 Å². The van der Waals surface area contributed by atoms with E-state index in [0.29, 0.717) is 17.2 Å². The summed E-state index contributed by atoms with van der Waals surface area (Å²) in [5.41, 5.74) is 2.85. The van der Waals surface area contributed by atoms with E-state index < -0.39 is 4.92 Å². The molecular formula is C18H19N3O3S. The van der Waals surface area contributed by atoms with Crippen molar-refractivity contribution in [3.63, 3.8) is 0 Å². The predicted octanol–water partition coefficient (Wildman–Crippen LogP) is 4.15. The minimum Gasteiger partial charge on any atom is -0.332 e. The molecule has 0 aliphatic rings. The highest BCUT2D eigenvalue weighted by Crippen LogP contribution is 2.21. The van der Waals surface area contributed by atoms with Crippen molar-refractivity contribution in [3.8, 4) is 0 Å². The molecule has 1 amide bonds. The van der Waals surface area contributed by atoms with Gasteiger partial charge in [0.15, 0.2) is 5.11 Å². The number of anilines is 1. The molecule has 0 heterocycles. The minimum atomic E-state index is -0.484. The molecule has 0 spiro atoms. The Morgan fingerprint density at radius 1 is 1.16 bits per heavy atom. The van der Waals surface area contributed by atoms with Gasteiger partial charge in [0.2, 0.25) is 0 Å². The van der Waals surface area contributed by atoms with E-state index in [1.54, 1.807) is 25.1 Å². The Morgan fingerprint density at radius 2 is 1.80 bits per heavy atom. The number of aryl methyl sites for hydroxylation is 1. The average molecular weight is 357 g/mol. The van der Waals surface area contributed by atoms with Crippen LogP contribution in [0.3, 0.4) is 0 Å². The summed E-state index contributed by atoms with van der Waals surface area (Å²) in [6, 6.07) is 11.7. The standard InChI is InChI=1S/C18H19N3O3S/c1-11(2)13-5-7-14(8-6-13)17(22)20-18(25)19-16-10-15(21(23)24)9-4-12(16)3/h4-11H,1-3H3,(H2,19,20,22,25). The van der Waals surface area contributed by atoms with Gasteiger partial charge in [-0.15, -0.1) is 0 Å². The highest BCUT2D eigenvalue weighted by Gasteiger charge is 2.12. The minimum absolute atomic E-state index is 0.0495. The van der Waals surface area contributed by atoms with Crippen LogP contribution in [-0.2, 0) is 0 Å². The van der Waals surface area contributed by atoms with Gasteiger partial charge < -0.3 is 5.32 Å². The fourth-order valence-corrected chi connectivity index (χ4v) is 2.41. The molecule has 2 aromatic rings. The average Bonchev–Trinajstić information content (AvgIpc) is 2.56. The first-order valence-corrected chi connectivity index (χ1v) is 8.16. The largest absolute Gasteiger partial charge is 0.332 e. The maximum absolute atomic E-state index is 12.2. The van der Waals surface area contributed by atoms with Crippen molar-refractivity contribution in [1.82, 2.24) is 5.32 Å². The van der Waals surface area contributed by atoms with Crippen LogP contribution in [0.25, 0.3) is 0 Å². The van der Waals surface area contributed by atoms with Crippen LogP contribution in [0, 0.1) is 17.0 Å². The molecule has 0 unspecified atom stereocenters. The lowest BCUT2D eigenvalue weighted by Gasteiger charge is -2.12. The highest BCUT2D eigenvalue weighted by molar-refractivity contribution is 7.80. The Bertz CT molecular complexity index is 817. The van der Waals surface area contributed by atoms with Gasteiger partial charge in [-0.3, -0.25) is 20.2 Å². The fourth-order valence-electron chi connectivity index (χ4n) is 2.21. The molecule has 0 aromatic heterocycles. The molecule has 0 aliphatic carbocycles. The van der Waals surface area contributed by atoms with Crippen molar-refractivity contribution in [2.24, 2.45) is 0 Å². The smallest absolute Gasteiger partial charge is 0.271 e. The number of carbonyl (C=O) groups is 1. The summed E-state index contributed by atoms with van der Waals surface area (Å²) < 4.78 is 0. The Hall–Kier alpha value is -2.80. The van der Waals surface area contributed by atoms with Crippen LogP contribution in [0.2, 0.25) is 0 Å². The lowest BCUT2D eigenvalue weighted by Crippen LogP contribution is -2.34. The van der Waals surface area contributed by atoms with Crippen LogP contribution in [0.4, 0.5) is 11.4 Å². The zero-order chi connectivity index (χ0) is 18.6. The lowest BCUT2D eigenvalue weighted by atomic mass is 10.0. The van der Waals surface area contributed by atoms with Crippen molar-refractivity contribution >= 4 is 34.6 Å². The molecule has 6 nitrogen and oxygen atoms in total. The summed E-state index contributed by atoms with van der Waals surface area (Å²) in [4.78, 5) is 22.6. The third-order valence-electron chi connectivity index (χ3n) is 3.75. The molecule has 7 heteroatoms. The summed E-state index contributed by atoms with van der Waals surface area (Å²) in [5.74, 6) is 0.0487. The molecule has 0 aliphatic heterocycles. The number of amides is 1. The summed E-state index contributed by atoms with van der Waals surface area (Å²) in [6.45, 7) is 5.95. The fraction of sp³-hybridized carbons (Fsp3) is 0.222. The number of thiocarbonyl (C=S) groups is 1. The number of hydrogen-bond donors (Lipinski definition) is 2. The summed E-state index contributed by atoms with van der Waals surface area (Å²) in [6.07, 6.45) is 0. The van der Waals surface area contributed by atoms with Crippen LogP contribution in [0.1, 0.15) is 41.3 Å². The molecule has 0 saturated heterocycles. The number of non-ortho nitro benzene ring substituents is 1. The molecular weight excluding hydrogens is 338 g/mol. The van der Waals surface area contributed by atoms with Gasteiger partial charge in [0.1, 0.15) is 0 Å². The van der Waals surface area contributed by atoms with E-state index in [1.807, 2.05) is 12.1 Å². The SMILES string of the molecule is Cc1ccc([N+](=O)[O-])cc1NC(=S)NC(=O)c1ccc(C(C)C)cc1. The molecule has 0 fully saturated rings. The first kappa shape index (κ1) is 18.5. The lowest BCUT2D eigenvalue weighted by molar-refractivity contribution is -0.384. The second-order valence-electron chi connectivity index (χ2n) is 5.94. The topological polar surface area (TPSA) is 84.3 Å². The molecule has 2 N–H and O–H groups in total. The number of nitro groups is 1. The molecule has 2 aromatic carbocycles. The Labute approximate surface area is 151 Å². The third-order valence-corrected chi connectivity index (χ3v) is 3.95. The summed E-state index contributed by atoms with van der Waals surface area (Å²) >= 11 is 5.14. The van der Waals surface area contributed by atoms with E-state index in [1.165, 1.54) is 12.1 Å². The van der Waals surface area contributed by atoms with Gasteiger partial charge >= 0.3 is 0 Å². The number of nitrogens with one attached hydrogen (secondary N) is 2. The number of benzene rings is 2. The van der Waals surface area contributed by atoms with E-state index in [0.717, 1.165) is 11.1 Å². The van der Waals surface area contributed by atoms with Crippen molar-refractivity contribution in [2.45, 2.75) is 26.7 Å². The zero-order valence-corrected chi connectivity index (χ0v) is 15.0. The maximum Gasteiger partial charge on any atom is 0.271 e. The van der Waals surface area contributed by atoms with Gasteiger partial charge in [0.25, 0.3) is 11.6 Å². The maximum atomic E-state index is 12.2. The Kier molecular flexibility index (Phi) is 5.82. The number of rotatable bonds is 4. The van der Waals surface area contributed by atoms with E-state index in [2.05, 4.69) is 24.5 Å². The van der Waals surface area contributed by atoms with Gasteiger partial charge in [-0.1, -0.05) is 32.0 Å². The Balaban J connectivity index is 2.06. The van der Waals surface area contributed by atoms with Crippen molar-refractivity contribution in [1.29, 1.82) is 0 Å². The van der Waals surface area contributed by atoms with Gasteiger partial charge in [0, 0.05) is 23.4 Å². The molecule has 2 rings (SSSR count). The molecule has 130 valence electrons. The number of carbonyl (C=O) groups excluding carboxylic acids is 1. The third kappa shape index (κ3) is 4.84. The quantitative estimate of drug-likeness (QED) is 0.488. The van der Waals surface area contributed by atoms with E-state index >= 15 is 0 Å². The Morgan fingerprint density at radius 3 is 2.36 bits per heavy atom. The van der Waals surface area contributed by atoms with Gasteiger partial charge in [-0.25, -0.2) is 0 Å². The first-order valence-electron chi connectivity index (χ1n) is 7.75. The molecule has 0 atom stereocenters. The number of nitro benzene ring substituents is 1. The molecule has 0 saturated carbocycles. The molecule has 0 radical (unpaired) electrons. The molecule has 0 bridgehead atoms. The second kappa shape index (κ2) is 7.85. The van der Waals surface area contributed by atoms with Crippen LogP contribution < -0.4 is 10.6 Å².